The zero-order valence-corrected chi connectivity index (χ0v) is 17.4. The molecule has 0 saturated carbocycles. The molecule has 156 valence electrons. The molecule has 8 heteroatoms. The van der Waals surface area contributed by atoms with Crippen LogP contribution < -0.4 is 10.6 Å². The minimum Gasteiger partial charge on any atom is -0.444 e. The lowest BCUT2D eigenvalue weighted by Crippen LogP contribution is -2.63. The van der Waals surface area contributed by atoms with Gasteiger partial charge in [0, 0.05) is 39.3 Å². The Bertz CT molecular complexity index is 480. The van der Waals surface area contributed by atoms with Gasteiger partial charge in [0.15, 0.2) is 5.96 Å². The van der Waals surface area contributed by atoms with Crippen LogP contribution in [0.2, 0.25) is 0 Å². The van der Waals surface area contributed by atoms with Crippen molar-refractivity contribution in [3.8, 4) is 0 Å². The van der Waals surface area contributed by atoms with Gasteiger partial charge in [-0.2, -0.15) is 0 Å². The number of likely N-dealkylation sites (tertiary alicyclic amines) is 1. The van der Waals surface area contributed by atoms with Gasteiger partial charge in [0.25, 0.3) is 0 Å². The Labute approximate surface area is 163 Å². The third-order valence-corrected chi connectivity index (χ3v) is 4.47. The van der Waals surface area contributed by atoms with Crippen molar-refractivity contribution in [2.24, 2.45) is 4.99 Å². The van der Waals surface area contributed by atoms with Crippen LogP contribution in [0.5, 0.6) is 0 Å². The molecule has 2 heterocycles. The SMILES string of the molecule is CCNC(=NCCCCN1CCOCC1)NC1CN(C(=O)OC(C)(C)C)C1. The molecule has 27 heavy (non-hydrogen) atoms. The normalized spacial score (nSPS) is 19.6. The molecule has 0 unspecified atom stereocenters. The highest BCUT2D eigenvalue weighted by Crippen LogP contribution is 2.15. The zero-order chi connectivity index (χ0) is 19.7. The smallest absolute Gasteiger partial charge is 0.410 e. The third kappa shape index (κ3) is 8.34. The van der Waals surface area contributed by atoms with Crippen molar-refractivity contribution >= 4 is 12.1 Å². The van der Waals surface area contributed by atoms with Crippen molar-refractivity contribution in [2.75, 3.05) is 59.0 Å². The molecule has 2 N–H and O–H groups in total. The van der Waals surface area contributed by atoms with Gasteiger partial charge in [-0.05, 0) is 47.1 Å². The molecule has 0 spiro atoms. The summed E-state index contributed by atoms with van der Waals surface area (Å²) in [6, 6.07) is 0.226. The van der Waals surface area contributed by atoms with Gasteiger partial charge in [-0.3, -0.25) is 9.89 Å². The average Bonchev–Trinajstić information content (AvgIpc) is 2.56. The van der Waals surface area contributed by atoms with Gasteiger partial charge in [0.1, 0.15) is 5.60 Å². The first-order chi connectivity index (χ1) is 12.9. The summed E-state index contributed by atoms with van der Waals surface area (Å²) in [6.45, 7) is 15.6. The van der Waals surface area contributed by atoms with E-state index in [4.69, 9.17) is 9.47 Å². The minimum atomic E-state index is -0.451. The van der Waals surface area contributed by atoms with Crippen molar-refractivity contribution in [3.05, 3.63) is 0 Å². The van der Waals surface area contributed by atoms with Crippen molar-refractivity contribution in [1.29, 1.82) is 0 Å². The van der Waals surface area contributed by atoms with Crippen molar-refractivity contribution < 1.29 is 14.3 Å². The van der Waals surface area contributed by atoms with E-state index in [9.17, 15) is 4.79 Å². The van der Waals surface area contributed by atoms with Crippen molar-refractivity contribution in [2.45, 2.75) is 52.2 Å². The largest absolute Gasteiger partial charge is 0.444 e. The number of morpholine rings is 1. The number of amides is 1. The second-order valence-corrected chi connectivity index (χ2v) is 8.15. The maximum atomic E-state index is 12.0. The molecule has 2 rings (SSSR count). The summed E-state index contributed by atoms with van der Waals surface area (Å²) in [5.41, 5.74) is -0.451. The van der Waals surface area contributed by atoms with Crippen molar-refractivity contribution in [3.63, 3.8) is 0 Å². The molecule has 2 saturated heterocycles. The first kappa shape index (κ1) is 21.8. The molecule has 2 aliphatic heterocycles. The Morgan fingerprint density at radius 2 is 1.93 bits per heavy atom. The highest BCUT2D eigenvalue weighted by molar-refractivity contribution is 5.80. The number of guanidine groups is 1. The number of unbranched alkanes of at least 4 members (excludes halogenated alkanes) is 1. The Morgan fingerprint density at radius 1 is 1.22 bits per heavy atom. The van der Waals surface area contributed by atoms with Gasteiger partial charge in [0.05, 0.1) is 19.3 Å². The summed E-state index contributed by atoms with van der Waals surface area (Å²) in [6.07, 6.45) is 1.98. The lowest BCUT2D eigenvalue weighted by Gasteiger charge is -2.40. The Balaban J connectivity index is 1.63. The predicted molar refractivity (Wildman–Crippen MR) is 107 cm³/mol. The quantitative estimate of drug-likeness (QED) is 0.392. The van der Waals surface area contributed by atoms with E-state index in [0.29, 0.717) is 13.1 Å². The fraction of sp³-hybridized carbons (Fsp3) is 0.895. The van der Waals surface area contributed by atoms with Gasteiger partial charge >= 0.3 is 6.09 Å². The van der Waals surface area contributed by atoms with E-state index in [0.717, 1.165) is 64.7 Å². The molecular formula is C19H37N5O3. The molecule has 0 radical (unpaired) electrons. The van der Waals surface area contributed by atoms with E-state index < -0.39 is 5.60 Å². The first-order valence-electron chi connectivity index (χ1n) is 10.2. The Kier molecular flexibility index (Phi) is 8.63. The molecule has 8 nitrogen and oxygen atoms in total. The topological polar surface area (TPSA) is 78.4 Å². The summed E-state index contributed by atoms with van der Waals surface area (Å²) >= 11 is 0. The van der Waals surface area contributed by atoms with Gasteiger partial charge in [0.2, 0.25) is 0 Å². The highest BCUT2D eigenvalue weighted by Gasteiger charge is 2.34. The Hall–Kier alpha value is -1.54. The van der Waals surface area contributed by atoms with Crippen LogP contribution in [-0.2, 0) is 9.47 Å². The zero-order valence-electron chi connectivity index (χ0n) is 17.4. The summed E-state index contributed by atoms with van der Waals surface area (Å²) in [7, 11) is 0. The van der Waals surface area contributed by atoms with Gasteiger partial charge < -0.3 is 25.0 Å². The molecule has 0 aromatic carbocycles. The number of carbonyl (C=O) groups is 1. The van der Waals surface area contributed by atoms with E-state index in [1.165, 1.54) is 0 Å². The lowest BCUT2D eigenvalue weighted by atomic mass is 10.1. The van der Waals surface area contributed by atoms with Crippen LogP contribution in [0, 0.1) is 0 Å². The number of carbonyl (C=O) groups excluding carboxylic acids is 1. The third-order valence-electron chi connectivity index (χ3n) is 4.47. The van der Waals surface area contributed by atoms with E-state index in [1.807, 2.05) is 20.8 Å². The van der Waals surface area contributed by atoms with E-state index in [1.54, 1.807) is 4.90 Å². The molecule has 0 atom stereocenters. The van der Waals surface area contributed by atoms with Crippen molar-refractivity contribution in [1.82, 2.24) is 20.4 Å². The monoisotopic (exact) mass is 383 g/mol. The van der Waals surface area contributed by atoms with Gasteiger partial charge in [-0.15, -0.1) is 0 Å². The molecule has 0 aromatic rings. The number of hydrogen-bond acceptors (Lipinski definition) is 5. The Morgan fingerprint density at radius 3 is 2.56 bits per heavy atom. The number of ether oxygens (including phenoxy) is 2. The first-order valence-corrected chi connectivity index (χ1v) is 10.2. The number of rotatable bonds is 7. The molecule has 0 aromatic heterocycles. The van der Waals surface area contributed by atoms with Gasteiger partial charge in [-0.25, -0.2) is 4.79 Å². The van der Waals surface area contributed by atoms with Crippen LogP contribution in [0.15, 0.2) is 4.99 Å². The molecule has 1 amide bonds. The van der Waals surface area contributed by atoms with E-state index >= 15 is 0 Å². The summed E-state index contributed by atoms with van der Waals surface area (Å²) < 4.78 is 10.8. The fourth-order valence-electron chi connectivity index (χ4n) is 3.02. The molecule has 0 aliphatic carbocycles. The van der Waals surface area contributed by atoms with Crippen LogP contribution in [0.4, 0.5) is 4.79 Å². The molecule has 0 bridgehead atoms. The number of nitrogens with one attached hydrogen (secondary N) is 2. The maximum absolute atomic E-state index is 12.0. The van der Waals surface area contributed by atoms with Crippen LogP contribution in [0.1, 0.15) is 40.5 Å². The molecule has 2 fully saturated rings. The second-order valence-electron chi connectivity index (χ2n) is 8.15. The number of aliphatic imine (C=N–C) groups is 1. The number of hydrogen-bond donors (Lipinski definition) is 2. The average molecular weight is 384 g/mol. The van der Waals surface area contributed by atoms with E-state index in [2.05, 4.69) is 27.4 Å². The van der Waals surface area contributed by atoms with Crippen LogP contribution in [0.25, 0.3) is 0 Å². The fourth-order valence-corrected chi connectivity index (χ4v) is 3.02. The van der Waals surface area contributed by atoms with E-state index in [-0.39, 0.29) is 12.1 Å². The summed E-state index contributed by atoms with van der Waals surface area (Å²) in [5.74, 6) is 0.831. The van der Waals surface area contributed by atoms with Gasteiger partial charge in [-0.1, -0.05) is 0 Å². The maximum Gasteiger partial charge on any atom is 0.410 e. The predicted octanol–water partition coefficient (Wildman–Crippen LogP) is 1.27. The summed E-state index contributed by atoms with van der Waals surface area (Å²) in [4.78, 5) is 20.8. The number of nitrogens with zero attached hydrogens (tertiary/aromatic N) is 3. The highest BCUT2D eigenvalue weighted by atomic mass is 16.6. The molecular weight excluding hydrogens is 346 g/mol. The summed E-state index contributed by atoms with van der Waals surface area (Å²) in [5, 5.41) is 6.69. The van der Waals surface area contributed by atoms with Crippen LogP contribution in [-0.4, -0.2) is 92.5 Å². The minimum absolute atomic E-state index is 0.226. The lowest BCUT2D eigenvalue weighted by molar-refractivity contribution is 0.00700. The standard InChI is InChI=1S/C19H37N5O3/c1-5-20-17(21-8-6-7-9-23-10-12-26-13-11-23)22-16-14-24(15-16)18(25)27-19(2,3)4/h16H,5-15H2,1-4H3,(H2,20,21,22). The second kappa shape index (κ2) is 10.7. The van der Waals surface area contributed by atoms with Crippen LogP contribution in [0.3, 0.4) is 0 Å². The molecule has 2 aliphatic rings. The van der Waals surface area contributed by atoms with Crippen LogP contribution >= 0.6 is 0 Å².